The average Bonchev–Trinajstić information content (AvgIpc) is 3.14. The van der Waals surface area contributed by atoms with Crippen molar-refractivity contribution in [3.05, 3.63) is 87.9 Å². The number of carboxylic acid groups (broad SMARTS) is 1. The number of carbonyl (C=O) groups is 1. The third-order valence-electron chi connectivity index (χ3n) is 5.08. The van der Waals surface area contributed by atoms with Crippen LogP contribution in [0.5, 0.6) is 0 Å². The molecule has 0 aliphatic carbocycles. The molecule has 0 radical (unpaired) electrons. The van der Waals surface area contributed by atoms with Crippen LogP contribution in [0.3, 0.4) is 0 Å². The summed E-state index contributed by atoms with van der Waals surface area (Å²) in [6.07, 6.45) is 0.529. The molecule has 0 amide bonds. The van der Waals surface area contributed by atoms with Gasteiger partial charge in [0.2, 0.25) is 0 Å². The molecule has 4 aromatic rings. The summed E-state index contributed by atoms with van der Waals surface area (Å²) in [5.41, 5.74) is 4.40. The smallest absolute Gasteiger partial charge is 0.303 e. The zero-order valence-corrected chi connectivity index (χ0v) is 19.2. The van der Waals surface area contributed by atoms with E-state index in [1.165, 1.54) is 0 Å². The molecule has 1 heterocycles. The van der Waals surface area contributed by atoms with Crippen molar-refractivity contribution in [1.82, 2.24) is 9.55 Å². The number of aliphatic carboxylic acids is 1. The van der Waals surface area contributed by atoms with E-state index in [4.69, 9.17) is 44.9 Å². The number of halogens is 3. The van der Waals surface area contributed by atoms with Crippen molar-refractivity contribution < 1.29 is 9.90 Å². The number of benzene rings is 3. The first-order valence-electron chi connectivity index (χ1n) is 10.0. The molecule has 0 aliphatic rings. The van der Waals surface area contributed by atoms with Crippen molar-refractivity contribution in [3.8, 4) is 33.9 Å². The van der Waals surface area contributed by atoms with E-state index < -0.39 is 5.97 Å². The minimum Gasteiger partial charge on any atom is -0.481 e. The second-order valence-electron chi connectivity index (χ2n) is 7.30. The van der Waals surface area contributed by atoms with Gasteiger partial charge in [0.1, 0.15) is 5.82 Å². The van der Waals surface area contributed by atoms with E-state index in [0.717, 1.165) is 33.9 Å². The van der Waals surface area contributed by atoms with Crippen molar-refractivity contribution >= 4 is 40.8 Å². The van der Waals surface area contributed by atoms with Crippen LogP contribution in [0.4, 0.5) is 0 Å². The van der Waals surface area contributed by atoms with E-state index in [1.54, 1.807) is 0 Å². The van der Waals surface area contributed by atoms with Crippen molar-refractivity contribution in [2.45, 2.75) is 19.4 Å². The molecule has 7 heteroatoms. The van der Waals surface area contributed by atoms with Crippen molar-refractivity contribution in [2.75, 3.05) is 0 Å². The Morgan fingerprint density at radius 2 is 1.22 bits per heavy atom. The first-order valence-corrected chi connectivity index (χ1v) is 11.2. The molecule has 162 valence electrons. The van der Waals surface area contributed by atoms with Crippen molar-refractivity contribution in [2.24, 2.45) is 0 Å². The number of aromatic nitrogens is 2. The molecule has 0 saturated carbocycles. The first-order chi connectivity index (χ1) is 15.4. The maximum atomic E-state index is 11.2. The van der Waals surface area contributed by atoms with E-state index in [9.17, 15) is 4.79 Å². The molecule has 32 heavy (non-hydrogen) atoms. The van der Waals surface area contributed by atoms with Gasteiger partial charge in [-0.15, -0.1) is 0 Å². The molecule has 0 bridgehead atoms. The average molecular weight is 486 g/mol. The number of imidazole rings is 1. The third-order valence-corrected chi connectivity index (χ3v) is 5.83. The van der Waals surface area contributed by atoms with Gasteiger partial charge in [0.05, 0.1) is 11.4 Å². The fraction of sp³-hybridized carbons (Fsp3) is 0.120. The number of carboxylic acids is 1. The van der Waals surface area contributed by atoms with Gasteiger partial charge in [-0.1, -0.05) is 59.1 Å². The van der Waals surface area contributed by atoms with Crippen LogP contribution < -0.4 is 0 Å². The second kappa shape index (κ2) is 9.78. The zero-order valence-electron chi connectivity index (χ0n) is 16.9. The van der Waals surface area contributed by atoms with Crippen molar-refractivity contribution in [1.29, 1.82) is 0 Å². The second-order valence-corrected chi connectivity index (χ2v) is 8.61. The quantitative estimate of drug-likeness (QED) is 0.292. The SMILES string of the molecule is O=C(O)CCCn1c(-c2ccc(Cl)cc2)nc(-c2ccc(Cl)cc2)c1-c1ccc(Cl)cc1. The van der Waals surface area contributed by atoms with Crippen LogP contribution >= 0.6 is 34.8 Å². The van der Waals surface area contributed by atoms with Gasteiger partial charge in [0.25, 0.3) is 0 Å². The zero-order chi connectivity index (χ0) is 22.7. The summed E-state index contributed by atoms with van der Waals surface area (Å²) in [5.74, 6) is -0.0916. The van der Waals surface area contributed by atoms with Crippen LogP contribution in [0.25, 0.3) is 33.9 Å². The number of hydrogen-bond acceptors (Lipinski definition) is 2. The lowest BCUT2D eigenvalue weighted by Gasteiger charge is -2.13. The van der Waals surface area contributed by atoms with Gasteiger partial charge in [0, 0.05) is 44.7 Å². The van der Waals surface area contributed by atoms with Gasteiger partial charge in [-0.05, 0) is 55.0 Å². The van der Waals surface area contributed by atoms with Gasteiger partial charge in [-0.25, -0.2) is 4.98 Å². The highest BCUT2D eigenvalue weighted by Crippen LogP contribution is 2.37. The van der Waals surface area contributed by atoms with E-state index in [-0.39, 0.29) is 6.42 Å². The van der Waals surface area contributed by atoms with Crippen LogP contribution in [0.2, 0.25) is 15.1 Å². The molecule has 0 saturated heterocycles. The number of hydrogen-bond donors (Lipinski definition) is 1. The van der Waals surface area contributed by atoms with Gasteiger partial charge >= 0.3 is 5.97 Å². The minimum absolute atomic E-state index is 0.0641. The summed E-state index contributed by atoms with van der Waals surface area (Å²) >= 11 is 18.3. The topological polar surface area (TPSA) is 55.1 Å². The Balaban J connectivity index is 1.95. The summed E-state index contributed by atoms with van der Waals surface area (Å²) in [6, 6.07) is 22.5. The molecule has 3 aromatic carbocycles. The highest BCUT2D eigenvalue weighted by atomic mass is 35.5. The maximum Gasteiger partial charge on any atom is 0.303 e. The molecule has 0 spiro atoms. The third kappa shape index (κ3) is 4.99. The van der Waals surface area contributed by atoms with Crippen LogP contribution in [0.1, 0.15) is 12.8 Å². The lowest BCUT2D eigenvalue weighted by molar-refractivity contribution is -0.137. The summed E-state index contributed by atoms with van der Waals surface area (Å²) in [7, 11) is 0. The van der Waals surface area contributed by atoms with Gasteiger partial charge in [-0.2, -0.15) is 0 Å². The Morgan fingerprint density at radius 1 is 0.750 bits per heavy atom. The fourth-order valence-corrected chi connectivity index (χ4v) is 3.97. The molecule has 4 rings (SSSR count). The van der Waals surface area contributed by atoms with Gasteiger partial charge in [0.15, 0.2) is 0 Å². The normalized spacial score (nSPS) is 11.0. The molecule has 1 aromatic heterocycles. The fourth-order valence-electron chi connectivity index (χ4n) is 3.59. The minimum atomic E-state index is -0.830. The van der Waals surface area contributed by atoms with E-state index >= 15 is 0 Å². The Bertz CT molecular complexity index is 1230. The highest BCUT2D eigenvalue weighted by Gasteiger charge is 2.21. The Kier molecular flexibility index (Phi) is 6.85. The van der Waals surface area contributed by atoms with Crippen LogP contribution in [0.15, 0.2) is 72.8 Å². The van der Waals surface area contributed by atoms with E-state index in [1.807, 2.05) is 72.8 Å². The molecule has 0 unspecified atom stereocenters. The largest absolute Gasteiger partial charge is 0.481 e. The van der Waals surface area contributed by atoms with E-state index in [0.29, 0.717) is 28.0 Å². The Labute approximate surface area is 201 Å². The summed E-state index contributed by atoms with van der Waals surface area (Å²) in [6.45, 7) is 0.489. The van der Waals surface area contributed by atoms with Crippen LogP contribution in [0, 0.1) is 0 Å². The monoisotopic (exact) mass is 484 g/mol. The summed E-state index contributed by atoms with van der Waals surface area (Å²) in [5, 5.41) is 11.1. The standard InChI is InChI=1S/C25H19Cl3N2O2/c26-19-9-3-16(4-10-19)23-24(17-5-11-20(27)12-6-17)30(15-1-2-22(31)32)25(29-23)18-7-13-21(28)14-8-18/h3-14H,1-2,15H2,(H,31,32). The van der Waals surface area contributed by atoms with Gasteiger partial charge in [-0.3, -0.25) is 4.79 Å². The predicted molar refractivity (Wildman–Crippen MR) is 130 cm³/mol. The lowest BCUT2D eigenvalue weighted by atomic mass is 10.0. The molecule has 1 N–H and O–H groups in total. The Hall–Kier alpha value is -2.79. The van der Waals surface area contributed by atoms with Crippen LogP contribution in [-0.4, -0.2) is 20.6 Å². The molecular weight excluding hydrogens is 467 g/mol. The number of nitrogens with zero attached hydrogens (tertiary/aromatic N) is 2. The molecule has 0 fully saturated rings. The number of rotatable bonds is 7. The van der Waals surface area contributed by atoms with Crippen molar-refractivity contribution in [3.63, 3.8) is 0 Å². The summed E-state index contributed by atoms with van der Waals surface area (Å²) < 4.78 is 2.07. The maximum absolute atomic E-state index is 11.2. The van der Waals surface area contributed by atoms with E-state index in [2.05, 4.69) is 4.57 Å². The van der Waals surface area contributed by atoms with Gasteiger partial charge < -0.3 is 9.67 Å². The highest BCUT2D eigenvalue weighted by molar-refractivity contribution is 6.31. The summed E-state index contributed by atoms with van der Waals surface area (Å²) in [4.78, 5) is 16.2. The Morgan fingerprint density at radius 3 is 1.72 bits per heavy atom. The predicted octanol–water partition coefficient (Wildman–Crippen LogP) is 7.71. The molecule has 0 atom stereocenters. The molecule has 4 nitrogen and oxygen atoms in total. The first kappa shape index (κ1) is 22.4. The molecule has 0 aliphatic heterocycles. The molecular formula is C25H19Cl3N2O2. The lowest BCUT2D eigenvalue weighted by Crippen LogP contribution is -2.05. The van der Waals surface area contributed by atoms with Crippen LogP contribution in [-0.2, 0) is 11.3 Å².